The number of benzene rings is 1. The summed E-state index contributed by atoms with van der Waals surface area (Å²) in [6.45, 7) is 4.49. The molecule has 0 saturated carbocycles. The van der Waals surface area contributed by atoms with Crippen LogP contribution in [0.15, 0.2) is 28.7 Å². The van der Waals surface area contributed by atoms with E-state index in [1.165, 1.54) is 12.0 Å². The van der Waals surface area contributed by atoms with Crippen molar-refractivity contribution in [1.29, 1.82) is 0 Å². The Hall–Kier alpha value is -0.380. The lowest BCUT2D eigenvalue weighted by Gasteiger charge is -2.17. The van der Waals surface area contributed by atoms with Crippen LogP contribution in [0, 0.1) is 5.92 Å². The van der Waals surface area contributed by atoms with Crippen LogP contribution >= 0.6 is 15.9 Å². The molecule has 0 aliphatic rings. The van der Waals surface area contributed by atoms with Gasteiger partial charge >= 0.3 is 0 Å². The van der Waals surface area contributed by atoms with E-state index in [1.807, 2.05) is 0 Å². The van der Waals surface area contributed by atoms with Crippen LogP contribution < -0.4 is 11.3 Å². The van der Waals surface area contributed by atoms with Gasteiger partial charge in [0, 0.05) is 10.5 Å². The molecule has 3 heteroatoms. The number of halogens is 1. The molecule has 0 fully saturated rings. The van der Waals surface area contributed by atoms with Crippen LogP contribution in [0.4, 0.5) is 0 Å². The number of rotatable bonds is 6. The first-order valence-corrected chi connectivity index (χ1v) is 6.61. The lowest BCUT2D eigenvalue weighted by atomic mass is 9.98. The molecule has 1 aromatic rings. The Kier molecular flexibility index (Phi) is 6.03. The monoisotopic (exact) mass is 284 g/mol. The zero-order valence-electron chi connectivity index (χ0n) is 10.0. The van der Waals surface area contributed by atoms with Gasteiger partial charge < -0.3 is 0 Å². The van der Waals surface area contributed by atoms with Crippen molar-refractivity contribution in [2.75, 3.05) is 0 Å². The molecule has 3 N–H and O–H groups in total. The lowest BCUT2D eigenvalue weighted by Crippen LogP contribution is -2.36. The van der Waals surface area contributed by atoms with Gasteiger partial charge in [-0.3, -0.25) is 11.3 Å². The topological polar surface area (TPSA) is 38.0 Å². The Labute approximate surface area is 107 Å². The molecule has 0 aromatic heterocycles. The standard InChI is InChI=1S/C13H21BrN2/c1-10(2)3-8-13(16-15)9-11-4-6-12(14)7-5-11/h4-7,10,13,16H,3,8-9,15H2,1-2H3. The second-order valence-corrected chi connectivity index (χ2v) is 5.58. The zero-order chi connectivity index (χ0) is 12.0. The van der Waals surface area contributed by atoms with Gasteiger partial charge in [0.2, 0.25) is 0 Å². The van der Waals surface area contributed by atoms with Gasteiger partial charge in [-0.2, -0.15) is 0 Å². The van der Waals surface area contributed by atoms with Gasteiger partial charge in [-0.05, 0) is 42.9 Å². The second kappa shape index (κ2) is 7.05. The van der Waals surface area contributed by atoms with Crippen molar-refractivity contribution >= 4 is 15.9 Å². The highest BCUT2D eigenvalue weighted by Gasteiger charge is 2.08. The van der Waals surface area contributed by atoms with Crippen LogP contribution in [0.3, 0.4) is 0 Å². The highest BCUT2D eigenvalue weighted by Crippen LogP contribution is 2.14. The van der Waals surface area contributed by atoms with Gasteiger partial charge in [0.1, 0.15) is 0 Å². The third-order valence-electron chi connectivity index (χ3n) is 2.72. The molecule has 0 spiro atoms. The third-order valence-corrected chi connectivity index (χ3v) is 3.25. The molecular weight excluding hydrogens is 264 g/mol. The van der Waals surface area contributed by atoms with E-state index in [0.717, 1.165) is 23.2 Å². The highest BCUT2D eigenvalue weighted by molar-refractivity contribution is 9.10. The summed E-state index contributed by atoms with van der Waals surface area (Å²) in [5, 5.41) is 0. The molecule has 1 atom stereocenters. The Bertz CT molecular complexity index is 295. The average Bonchev–Trinajstić information content (AvgIpc) is 2.26. The molecule has 0 amide bonds. The minimum Gasteiger partial charge on any atom is -0.271 e. The van der Waals surface area contributed by atoms with Crippen molar-refractivity contribution in [3.8, 4) is 0 Å². The Morgan fingerprint density at radius 2 is 1.81 bits per heavy atom. The molecule has 0 saturated heterocycles. The van der Waals surface area contributed by atoms with Gasteiger partial charge in [0.15, 0.2) is 0 Å². The maximum Gasteiger partial charge on any atom is 0.0251 e. The lowest BCUT2D eigenvalue weighted by molar-refractivity contribution is 0.434. The summed E-state index contributed by atoms with van der Waals surface area (Å²) in [4.78, 5) is 0. The van der Waals surface area contributed by atoms with E-state index in [9.17, 15) is 0 Å². The first-order chi connectivity index (χ1) is 7.61. The van der Waals surface area contributed by atoms with Gasteiger partial charge in [-0.25, -0.2) is 0 Å². The first-order valence-electron chi connectivity index (χ1n) is 5.82. The zero-order valence-corrected chi connectivity index (χ0v) is 11.6. The summed E-state index contributed by atoms with van der Waals surface area (Å²) < 4.78 is 1.12. The predicted molar refractivity (Wildman–Crippen MR) is 73.0 cm³/mol. The average molecular weight is 285 g/mol. The first kappa shape index (κ1) is 13.7. The molecule has 1 unspecified atom stereocenters. The van der Waals surface area contributed by atoms with Crippen LogP contribution in [-0.2, 0) is 6.42 Å². The molecule has 1 rings (SSSR count). The molecule has 0 aliphatic heterocycles. The SMILES string of the molecule is CC(C)CCC(Cc1ccc(Br)cc1)NN. The van der Waals surface area contributed by atoms with E-state index in [4.69, 9.17) is 5.84 Å². The molecule has 1 aromatic carbocycles. The van der Waals surface area contributed by atoms with Crippen molar-refractivity contribution in [3.05, 3.63) is 34.3 Å². The molecular formula is C13H21BrN2. The van der Waals surface area contributed by atoms with Gasteiger partial charge in [-0.1, -0.05) is 41.9 Å². The van der Waals surface area contributed by atoms with Gasteiger partial charge in [-0.15, -0.1) is 0 Å². The summed E-state index contributed by atoms with van der Waals surface area (Å²) in [5.74, 6) is 6.31. The van der Waals surface area contributed by atoms with E-state index in [1.54, 1.807) is 0 Å². The summed E-state index contributed by atoms with van der Waals surface area (Å²) in [5.41, 5.74) is 4.24. The minimum absolute atomic E-state index is 0.378. The van der Waals surface area contributed by atoms with E-state index < -0.39 is 0 Å². The minimum atomic E-state index is 0.378. The van der Waals surface area contributed by atoms with Crippen molar-refractivity contribution < 1.29 is 0 Å². The maximum absolute atomic E-state index is 5.58. The fraction of sp³-hybridized carbons (Fsp3) is 0.538. The Balaban J connectivity index is 2.46. The second-order valence-electron chi connectivity index (χ2n) is 4.67. The van der Waals surface area contributed by atoms with Crippen molar-refractivity contribution in [1.82, 2.24) is 5.43 Å². The number of hydrazine groups is 1. The highest BCUT2D eigenvalue weighted by atomic mass is 79.9. The quantitative estimate of drug-likeness (QED) is 0.622. The van der Waals surface area contributed by atoms with Gasteiger partial charge in [0.25, 0.3) is 0 Å². The fourth-order valence-corrected chi connectivity index (χ4v) is 1.95. The summed E-state index contributed by atoms with van der Waals surface area (Å²) >= 11 is 3.44. The van der Waals surface area contributed by atoms with Crippen LogP contribution in [0.2, 0.25) is 0 Å². The molecule has 0 aliphatic carbocycles. The Morgan fingerprint density at radius 1 is 1.19 bits per heavy atom. The van der Waals surface area contributed by atoms with Gasteiger partial charge in [0.05, 0.1) is 0 Å². The van der Waals surface area contributed by atoms with E-state index in [-0.39, 0.29) is 0 Å². The van der Waals surface area contributed by atoms with Crippen LogP contribution in [0.1, 0.15) is 32.3 Å². The van der Waals surface area contributed by atoms with E-state index in [2.05, 4.69) is 59.5 Å². The Morgan fingerprint density at radius 3 is 2.31 bits per heavy atom. The number of hydrogen-bond acceptors (Lipinski definition) is 2. The van der Waals surface area contributed by atoms with E-state index >= 15 is 0 Å². The summed E-state index contributed by atoms with van der Waals surface area (Å²) in [7, 11) is 0. The number of nitrogens with one attached hydrogen (secondary N) is 1. The largest absolute Gasteiger partial charge is 0.271 e. The normalized spacial score (nSPS) is 13.1. The van der Waals surface area contributed by atoms with Crippen molar-refractivity contribution in [3.63, 3.8) is 0 Å². The molecule has 90 valence electrons. The number of hydrogen-bond donors (Lipinski definition) is 2. The molecule has 16 heavy (non-hydrogen) atoms. The molecule has 0 radical (unpaired) electrons. The fourth-order valence-electron chi connectivity index (χ4n) is 1.68. The van der Waals surface area contributed by atoms with Crippen LogP contribution in [0.25, 0.3) is 0 Å². The molecule has 0 bridgehead atoms. The summed E-state index contributed by atoms with van der Waals surface area (Å²) in [6.07, 6.45) is 3.34. The predicted octanol–water partition coefficient (Wildman–Crippen LogP) is 3.26. The maximum atomic E-state index is 5.58. The molecule has 0 heterocycles. The smallest absolute Gasteiger partial charge is 0.0251 e. The van der Waals surface area contributed by atoms with Crippen LogP contribution in [0.5, 0.6) is 0 Å². The van der Waals surface area contributed by atoms with Crippen molar-refractivity contribution in [2.24, 2.45) is 11.8 Å². The van der Waals surface area contributed by atoms with Crippen molar-refractivity contribution in [2.45, 2.75) is 39.2 Å². The third kappa shape index (κ3) is 5.10. The van der Waals surface area contributed by atoms with E-state index in [0.29, 0.717) is 6.04 Å². The number of nitrogens with two attached hydrogens (primary N) is 1. The summed E-state index contributed by atoms with van der Waals surface area (Å²) in [6, 6.07) is 8.81. The van der Waals surface area contributed by atoms with Crippen LogP contribution in [-0.4, -0.2) is 6.04 Å². The molecule has 2 nitrogen and oxygen atoms in total.